The minimum absolute atomic E-state index is 0.0282. The lowest BCUT2D eigenvalue weighted by Crippen LogP contribution is -2.34. The molecule has 0 radical (unpaired) electrons. The molecule has 0 saturated heterocycles. The maximum Gasteiger partial charge on any atom is 0.209 e. The number of hydrogen-bond acceptors (Lipinski definition) is 6. The maximum absolute atomic E-state index is 14.4. The van der Waals surface area contributed by atoms with Crippen LogP contribution in [-0.4, -0.2) is 45.7 Å². The van der Waals surface area contributed by atoms with Crippen molar-refractivity contribution >= 4 is 10.0 Å². The Labute approximate surface area is 221 Å². The second kappa shape index (κ2) is 11.0. The van der Waals surface area contributed by atoms with E-state index >= 15 is 0 Å². The second-order valence-electron chi connectivity index (χ2n) is 9.73. The van der Waals surface area contributed by atoms with Crippen molar-refractivity contribution in [2.75, 3.05) is 6.26 Å². The van der Waals surface area contributed by atoms with Crippen molar-refractivity contribution in [1.29, 1.82) is 0 Å². The summed E-state index contributed by atoms with van der Waals surface area (Å²) >= 11 is 0. The summed E-state index contributed by atoms with van der Waals surface area (Å²) in [5.41, 5.74) is 3.70. The molecule has 0 aliphatic heterocycles. The van der Waals surface area contributed by atoms with Crippen LogP contribution in [0.5, 0.6) is 0 Å². The SMILES string of the molecule is CC(C)c1cc(-c2c(F)cccc2F)nnc1C(C)c1cccc(-c2cnn(C[C@@H](C)NS(C)(=O)=O)c2)n1. The Hall–Kier alpha value is -3.57. The van der Waals surface area contributed by atoms with E-state index in [0.29, 0.717) is 17.9 Å². The van der Waals surface area contributed by atoms with Gasteiger partial charge in [-0.1, -0.05) is 32.9 Å². The Morgan fingerprint density at radius 1 is 0.974 bits per heavy atom. The van der Waals surface area contributed by atoms with E-state index < -0.39 is 21.7 Å². The average Bonchev–Trinajstić information content (AvgIpc) is 3.30. The zero-order chi connectivity index (χ0) is 27.6. The molecule has 1 aromatic carbocycles. The van der Waals surface area contributed by atoms with Crippen LogP contribution >= 0.6 is 0 Å². The van der Waals surface area contributed by atoms with Crippen molar-refractivity contribution < 1.29 is 17.2 Å². The number of halogens is 2. The monoisotopic (exact) mass is 540 g/mol. The lowest BCUT2D eigenvalue weighted by molar-refractivity contribution is 0.496. The van der Waals surface area contributed by atoms with Gasteiger partial charge in [-0.25, -0.2) is 21.9 Å². The fraction of sp³-hybridized carbons (Fsp3) is 0.333. The summed E-state index contributed by atoms with van der Waals surface area (Å²) in [6.45, 7) is 8.08. The molecular weight excluding hydrogens is 510 g/mol. The van der Waals surface area contributed by atoms with Gasteiger partial charge in [-0.2, -0.15) is 15.3 Å². The minimum atomic E-state index is -3.31. The molecule has 8 nitrogen and oxygen atoms in total. The highest BCUT2D eigenvalue weighted by atomic mass is 32.2. The van der Waals surface area contributed by atoms with E-state index in [1.165, 1.54) is 18.2 Å². The van der Waals surface area contributed by atoms with Crippen molar-refractivity contribution in [3.8, 4) is 22.5 Å². The van der Waals surface area contributed by atoms with Crippen LogP contribution in [0.4, 0.5) is 8.78 Å². The number of benzene rings is 1. The smallest absolute Gasteiger partial charge is 0.209 e. The van der Waals surface area contributed by atoms with E-state index in [-0.39, 0.29) is 29.1 Å². The summed E-state index contributed by atoms with van der Waals surface area (Å²) in [5.74, 6) is -1.59. The largest absolute Gasteiger partial charge is 0.270 e. The number of aromatic nitrogens is 5. The molecule has 0 bridgehead atoms. The Bertz CT molecular complexity index is 1530. The van der Waals surface area contributed by atoms with E-state index in [4.69, 9.17) is 4.98 Å². The predicted octanol–water partition coefficient (Wildman–Crippen LogP) is 4.89. The minimum Gasteiger partial charge on any atom is -0.270 e. The normalized spacial score (nSPS) is 13.6. The summed E-state index contributed by atoms with van der Waals surface area (Å²) in [7, 11) is -3.31. The highest BCUT2D eigenvalue weighted by Gasteiger charge is 2.22. The van der Waals surface area contributed by atoms with Crippen LogP contribution in [0.2, 0.25) is 0 Å². The van der Waals surface area contributed by atoms with Gasteiger partial charge in [0.2, 0.25) is 10.0 Å². The third kappa shape index (κ3) is 6.28. The van der Waals surface area contributed by atoms with Gasteiger partial charge in [-0.05, 0) is 48.7 Å². The molecule has 2 atom stereocenters. The number of rotatable bonds is 9. The van der Waals surface area contributed by atoms with Crippen LogP contribution in [0.15, 0.2) is 54.9 Å². The summed E-state index contributed by atoms with van der Waals surface area (Å²) in [6.07, 6.45) is 4.62. The number of nitrogens with zero attached hydrogens (tertiary/aromatic N) is 5. The van der Waals surface area contributed by atoms with E-state index in [9.17, 15) is 17.2 Å². The van der Waals surface area contributed by atoms with Gasteiger partial charge in [-0.15, -0.1) is 0 Å². The van der Waals surface area contributed by atoms with Crippen LogP contribution < -0.4 is 4.72 Å². The highest BCUT2D eigenvalue weighted by molar-refractivity contribution is 7.88. The van der Waals surface area contributed by atoms with Crippen LogP contribution in [0, 0.1) is 11.6 Å². The molecule has 0 aliphatic rings. The molecule has 1 N–H and O–H groups in total. The Kier molecular flexibility index (Phi) is 7.98. The van der Waals surface area contributed by atoms with E-state index in [1.807, 2.05) is 45.2 Å². The lowest BCUT2D eigenvalue weighted by atomic mass is 9.91. The summed E-state index contributed by atoms with van der Waals surface area (Å²) in [4.78, 5) is 4.83. The summed E-state index contributed by atoms with van der Waals surface area (Å²) < 4.78 is 55.9. The first kappa shape index (κ1) is 27.5. The quantitative estimate of drug-likeness (QED) is 0.324. The fourth-order valence-electron chi connectivity index (χ4n) is 4.35. The number of sulfonamides is 1. The van der Waals surface area contributed by atoms with Gasteiger partial charge in [0.25, 0.3) is 0 Å². The molecule has 4 rings (SSSR count). The Morgan fingerprint density at radius 2 is 1.66 bits per heavy atom. The number of hydrogen-bond donors (Lipinski definition) is 1. The van der Waals surface area contributed by atoms with E-state index in [1.54, 1.807) is 23.9 Å². The average molecular weight is 541 g/mol. The van der Waals surface area contributed by atoms with Gasteiger partial charge in [0.1, 0.15) is 11.6 Å². The lowest BCUT2D eigenvalue weighted by Gasteiger charge is -2.18. The molecule has 3 aromatic heterocycles. The standard InChI is InChI=1S/C27H30F2N6O2S/c1-16(2)20-12-25(26-21(28)8-6-9-22(26)29)32-33-27(20)18(4)23-10-7-11-24(31-23)19-13-30-35(15-19)14-17(3)34-38(5,36)37/h6-13,15-18,34H,14H2,1-5H3/t17-,18?/m1/s1. The third-order valence-corrected chi connectivity index (χ3v) is 6.95. The van der Waals surface area contributed by atoms with Gasteiger partial charge >= 0.3 is 0 Å². The van der Waals surface area contributed by atoms with Crippen molar-refractivity contribution in [2.45, 2.75) is 52.1 Å². The zero-order valence-electron chi connectivity index (χ0n) is 21.9. The first-order chi connectivity index (χ1) is 17.9. The van der Waals surface area contributed by atoms with Gasteiger partial charge in [0.05, 0.1) is 41.6 Å². The first-order valence-electron chi connectivity index (χ1n) is 12.2. The molecule has 1 unspecified atom stereocenters. The van der Waals surface area contributed by atoms with Crippen LogP contribution in [-0.2, 0) is 16.6 Å². The van der Waals surface area contributed by atoms with Crippen LogP contribution in [0.3, 0.4) is 0 Å². The van der Waals surface area contributed by atoms with E-state index in [2.05, 4.69) is 20.0 Å². The molecule has 0 fully saturated rings. The summed E-state index contributed by atoms with van der Waals surface area (Å²) in [6, 6.07) is 10.7. The molecule has 0 spiro atoms. The van der Waals surface area contributed by atoms with Crippen molar-refractivity contribution in [2.24, 2.45) is 0 Å². The maximum atomic E-state index is 14.4. The van der Waals surface area contributed by atoms with Crippen molar-refractivity contribution in [3.05, 3.63) is 83.4 Å². The zero-order valence-corrected chi connectivity index (χ0v) is 22.7. The number of pyridine rings is 1. The summed E-state index contributed by atoms with van der Waals surface area (Å²) in [5, 5.41) is 12.9. The molecule has 3 heterocycles. The molecule has 0 saturated carbocycles. The predicted molar refractivity (Wildman–Crippen MR) is 142 cm³/mol. The first-order valence-corrected chi connectivity index (χ1v) is 14.1. The topological polar surface area (TPSA) is 103 Å². The van der Waals surface area contributed by atoms with Gasteiger partial charge in [-0.3, -0.25) is 9.67 Å². The molecule has 0 amide bonds. The van der Waals surface area contributed by atoms with Crippen LogP contribution in [0.1, 0.15) is 56.5 Å². The second-order valence-corrected chi connectivity index (χ2v) is 11.5. The third-order valence-electron chi connectivity index (χ3n) is 6.12. The van der Waals surface area contributed by atoms with Gasteiger partial charge in [0, 0.05) is 29.4 Å². The van der Waals surface area contributed by atoms with Crippen molar-refractivity contribution in [1.82, 2.24) is 29.7 Å². The molecule has 0 aliphatic carbocycles. The fourth-order valence-corrected chi connectivity index (χ4v) is 5.16. The molecular formula is C27H30F2N6O2S. The molecule has 38 heavy (non-hydrogen) atoms. The van der Waals surface area contributed by atoms with Gasteiger partial charge < -0.3 is 0 Å². The van der Waals surface area contributed by atoms with Crippen molar-refractivity contribution in [3.63, 3.8) is 0 Å². The molecule has 200 valence electrons. The van der Waals surface area contributed by atoms with Crippen LogP contribution in [0.25, 0.3) is 22.5 Å². The number of nitrogens with one attached hydrogen (secondary N) is 1. The molecule has 11 heteroatoms. The molecule has 4 aromatic rings. The highest BCUT2D eigenvalue weighted by Crippen LogP contribution is 2.33. The van der Waals surface area contributed by atoms with Gasteiger partial charge in [0.15, 0.2) is 0 Å². The Balaban J connectivity index is 1.62. The Morgan fingerprint density at radius 3 is 2.32 bits per heavy atom. The van der Waals surface area contributed by atoms with E-state index in [0.717, 1.165) is 23.1 Å².